The van der Waals surface area contributed by atoms with Crippen molar-refractivity contribution in [3.63, 3.8) is 0 Å². The smallest absolute Gasteiger partial charge is 0.261 e. The Morgan fingerprint density at radius 1 is 0.892 bits per heavy atom. The summed E-state index contributed by atoms with van der Waals surface area (Å²) in [5.41, 5.74) is 1.36. The summed E-state index contributed by atoms with van der Waals surface area (Å²) in [5, 5.41) is 6.62. The van der Waals surface area contributed by atoms with Gasteiger partial charge in [0.05, 0.1) is 7.11 Å². The van der Waals surface area contributed by atoms with E-state index in [1.807, 2.05) is 0 Å². The minimum Gasteiger partial charge on any atom is -0.497 e. The Morgan fingerprint density at radius 2 is 1.51 bits per heavy atom. The quantitative estimate of drug-likeness (QED) is 0.467. The zero-order valence-corrected chi connectivity index (χ0v) is 23.8. The van der Waals surface area contributed by atoms with E-state index in [-0.39, 0.29) is 11.1 Å². The summed E-state index contributed by atoms with van der Waals surface area (Å²) >= 11 is 0. The van der Waals surface area contributed by atoms with Crippen LogP contribution < -0.4 is 20.4 Å². The molecule has 2 heterocycles. The van der Waals surface area contributed by atoms with Gasteiger partial charge < -0.3 is 14.5 Å². The molecule has 5 heteroatoms. The van der Waals surface area contributed by atoms with Gasteiger partial charge in [0, 0.05) is 37.8 Å². The van der Waals surface area contributed by atoms with Crippen molar-refractivity contribution in [1.82, 2.24) is 10.2 Å². The number of nitrogens with zero attached hydrogens (tertiary/aromatic N) is 1. The molecule has 196 valence electrons. The molecule has 2 aliphatic heterocycles. The summed E-state index contributed by atoms with van der Waals surface area (Å²) in [6.45, 7) is 10.4. The van der Waals surface area contributed by atoms with Crippen molar-refractivity contribution < 1.29 is 9.16 Å². The summed E-state index contributed by atoms with van der Waals surface area (Å²) in [5.74, 6) is 0.920. The van der Waals surface area contributed by atoms with E-state index in [1.54, 1.807) is 7.11 Å². The molecule has 37 heavy (non-hydrogen) atoms. The van der Waals surface area contributed by atoms with E-state index in [2.05, 4.69) is 116 Å². The van der Waals surface area contributed by atoms with Crippen molar-refractivity contribution in [1.29, 1.82) is 0 Å². The molecule has 0 spiro atoms. The van der Waals surface area contributed by atoms with Gasteiger partial charge in [-0.25, -0.2) is 0 Å². The van der Waals surface area contributed by atoms with E-state index in [1.165, 1.54) is 15.9 Å². The molecule has 4 nitrogen and oxygen atoms in total. The third-order valence-corrected chi connectivity index (χ3v) is 13.4. The first kappa shape index (κ1) is 26.2. The maximum absolute atomic E-state index is 7.48. The molecule has 0 aromatic heterocycles. The van der Waals surface area contributed by atoms with Crippen LogP contribution >= 0.6 is 0 Å². The summed E-state index contributed by atoms with van der Waals surface area (Å²) in [4.78, 5) is 2.70. The van der Waals surface area contributed by atoms with Crippen LogP contribution in [0, 0.1) is 0 Å². The second-order valence-corrected chi connectivity index (χ2v) is 16.0. The SMILES string of the molecule is COc1ccc(C[C@H]2CN3CC[C@H](O[Si](c4ccccc4)(c4ccccc4)C(C)(C)C)C[C@@H]3CN2)cc1. The number of methoxy groups -OCH3 is 1. The van der Waals surface area contributed by atoms with Crippen molar-refractivity contribution in [3.05, 3.63) is 90.5 Å². The van der Waals surface area contributed by atoms with Crippen LogP contribution in [0.1, 0.15) is 39.2 Å². The molecular formula is C32H42N2O2Si. The molecule has 1 N–H and O–H groups in total. The number of fused-ring (bicyclic) bond motifs is 1. The first-order chi connectivity index (χ1) is 17.9. The van der Waals surface area contributed by atoms with Gasteiger partial charge in [-0.05, 0) is 52.4 Å². The number of ether oxygens (including phenoxy) is 1. The summed E-state index contributed by atoms with van der Waals surface area (Å²) in [6.07, 6.45) is 3.51. The van der Waals surface area contributed by atoms with Gasteiger partial charge in [-0.15, -0.1) is 0 Å². The monoisotopic (exact) mass is 514 g/mol. The molecule has 3 aromatic rings. The highest BCUT2D eigenvalue weighted by Crippen LogP contribution is 2.39. The first-order valence-electron chi connectivity index (χ1n) is 13.8. The molecule has 2 fully saturated rings. The van der Waals surface area contributed by atoms with Gasteiger partial charge in [-0.1, -0.05) is 93.6 Å². The number of hydrogen-bond acceptors (Lipinski definition) is 4. The fraction of sp³-hybridized carbons (Fsp3) is 0.438. The van der Waals surface area contributed by atoms with E-state index in [0.717, 1.165) is 44.6 Å². The van der Waals surface area contributed by atoms with Gasteiger partial charge in [0.15, 0.2) is 0 Å². The maximum atomic E-state index is 7.48. The van der Waals surface area contributed by atoms with E-state index >= 15 is 0 Å². The third kappa shape index (κ3) is 5.56. The lowest BCUT2D eigenvalue weighted by molar-refractivity contribution is 0.0260. The molecule has 0 aliphatic carbocycles. The maximum Gasteiger partial charge on any atom is 0.261 e. The third-order valence-electron chi connectivity index (χ3n) is 8.29. The summed E-state index contributed by atoms with van der Waals surface area (Å²) in [6, 6.07) is 31.6. The number of hydrogen-bond donors (Lipinski definition) is 1. The second kappa shape index (κ2) is 11.1. The predicted octanol–water partition coefficient (Wildman–Crippen LogP) is 4.62. The largest absolute Gasteiger partial charge is 0.497 e. The number of rotatable bonds is 7. The van der Waals surface area contributed by atoms with Gasteiger partial charge >= 0.3 is 0 Å². The molecule has 0 saturated carbocycles. The zero-order chi connectivity index (χ0) is 25.9. The van der Waals surface area contributed by atoms with Gasteiger partial charge in [0.25, 0.3) is 8.32 Å². The highest BCUT2D eigenvalue weighted by Gasteiger charge is 2.52. The van der Waals surface area contributed by atoms with Crippen molar-refractivity contribution in [2.45, 2.75) is 63.3 Å². The first-order valence-corrected chi connectivity index (χ1v) is 15.7. The molecule has 5 rings (SSSR count). The molecule has 2 saturated heterocycles. The van der Waals surface area contributed by atoms with Crippen LogP contribution in [0.25, 0.3) is 0 Å². The van der Waals surface area contributed by atoms with Crippen LogP contribution in [0.5, 0.6) is 5.75 Å². The normalized spacial score (nSPS) is 22.9. The molecule has 3 atom stereocenters. The Hall–Kier alpha value is -2.44. The van der Waals surface area contributed by atoms with Crippen molar-refractivity contribution >= 4 is 18.7 Å². The lowest BCUT2D eigenvalue weighted by Gasteiger charge is -2.50. The number of piperidine rings is 1. The van der Waals surface area contributed by atoms with Crippen molar-refractivity contribution in [2.24, 2.45) is 0 Å². The average molecular weight is 515 g/mol. The van der Waals surface area contributed by atoms with Crippen LogP contribution in [-0.2, 0) is 10.8 Å². The lowest BCUT2D eigenvalue weighted by Crippen LogP contribution is -2.69. The Labute approximate surface area is 224 Å². The van der Waals surface area contributed by atoms with E-state index in [0.29, 0.717) is 12.1 Å². The van der Waals surface area contributed by atoms with E-state index < -0.39 is 8.32 Å². The van der Waals surface area contributed by atoms with E-state index in [9.17, 15) is 0 Å². The fourth-order valence-electron chi connectivity index (χ4n) is 6.40. The Kier molecular flexibility index (Phi) is 7.87. The van der Waals surface area contributed by atoms with Gasteiger partial charge in [0.2, 0.25) is 0 Å². The van der Waals surface area contributed by atoms with Crippen molar-refractivity contribution in [3.8, 4) is 5.75 Å². The molecule has 0 unspecified atom stereocenters. The Morgan fingerprint density at radius 3 is 2.08 bits per heavy atom. The lowest BCUT2D eigenvalue weighted by atomic mass is 9.94. The minimum atomic E-state index is -2.51. The summed E-state index contributed by atoms with van der Waals surface area (Å²) in [7, 11) is -0.794. The molecule has 2 aliphatic rings. The van der Waals surface area contributed by atoms with E-state index in [4.69, 9.17) is 9.16 Å². The Balaban J connectivity index is 1.31. The van der Waals surface area contributed by atoms with Crippen LogP contribution in [0.2, 0.25) is 5.04 Å². The highest BCUT2D eigenvalue weighted by atomic mass is 28.4. The second-order valence-electron chi connectivity index (χ2n) is 11.7. The Bertz CT molecular complexity index is 1090. The van der Waals surface area contributed by atoms with Crippen LogP contribution in [0.3, 0.4) is 0 Å². The van der Waals surface area contributed by atoms with Gasteiger partial charge in [-0.2, -0.15) is 0 Å². The fourth-order valence-corrected chi connectivity index (χ4v) is 11.1. The predicted molar refractivity (Wildman–Crippen MR) is 156 cm³/mol. The number of benzene rings is 3. The standard InChI is InChI=1S/C32H42N2O2Si/c1-32(2,3)37(30-11-7-5-8-12-30,31-13-9-6-10-14-31)36-29-19-20-34-24-26(33-23-27(34)22-29)21-25-15-17-28(35-4)18-16-25/h5-18,26-27,29,33H,19-24H2,1-4H3/t26-,27+,29-/m0/s1. The number of nitrogens with one attached hydrogen (secondary N) is 1. The van der Waals surface area contributed by atoms with Crippen molar-refractivity contribution in [2.75, 3.05) is 26.7 Å². The number of piperazine rings is 1. The molecule has 3 aromatic carbocycles. The highest BCUT2D eigenvalue weighted by molar-refractivity contribution is 6.99. The molecule has 0 radical (unpaired) electrons. The topological polar surface area (TPSA) is 33.7 Å². The zero-order valence-electron chi connectivity index (χ0n) is 22.8. The van der Waals surface area contributed by atoms with Crippen LogP contribution in [0.15, 0.2) is 84.9 Å². The minimum absolute atomic E-state index is 0.0150. The molecule has 0 amide bonds. The van der Waals surface area contributed by atoms with Crippen LogP contribution in [-0.4, -0.2) is 58.1 Å². The summed E-state index contributed by atoms with van der Waals surface area (Å²) < 4.78 is 12.8. The average Bonchev–Trinajstić information content (AvgIpc) is 2.92. The van der Waals surface area contributed by atoms with Crippen LogP contribution in [0.4, 0.5) is 0 Å². The molecule has 0 bridgehead atoms. The van der Waals surface area contributed by atoms with Gasteiger partial charge in [0.1, 0.15) is 5.75 Å². The van der Waals surface area contributed by atoms with Gasteiger partial charge in [-0.3, -0.25) is 4.90 Å². The molecular weight excluding hydrogens is 472 g/mol.